The van der Waals surface area contributed by atoms with Gasteiger partial charge in [0, 0.05) is 12.1 Å². The van der Waals surface area contributed by atoms with Gasteiger partial charge in [0.25, 0.3) is 11.6 Å². The highest BCUT2D eigenvalue weighted by atomic mass is 16.6. The number of nitro benzene ring substituents is 1. The van der Waals surface area contributed by atoms with E-state index in [1.165, 1.54) is 30.5 Å². The summed E-state index contributed by atoms with van der Waals surface area (Å²) >= 11 is 0. The van der Waals surface area contributed by atoms with E-state index < -0.39 is 16.9 Å². The van der Waals surface area contributed by atoms with Crippen LogP contribution in [0.25, 0.3) is 0 Å². The summed E-state index contributed by atoms with van der Waals surface area (Å²) in [6.07, 6.45) is 0.747. The molecule has 0 bridgehead atoms. The highest BCUT2D eigenvalue weighted by molar-refractivity contribution is 5.84. The van der Waals surface area contributed by atoms with Crippen LogP contribution < -0.4 is 10.2 Å². The molecule has 0 saturated carbocycles. The normalized spacial score (nSPS) is 11.9. The van der Waals surface area contributed by atoms with Crippen molar-refractivity contribution in [1.29, 1.82) is 0 Å². The highest BCUT2D eigenvalue weighted by Gasteiger charge is 2.14. The lowest BCUT2D eigenvalue weighted by Crippen LogP contribution is -2.33. The molecule has 0 aliphatic rings. The molecule has 0 aromatic heterocycles. The van der Waals surface area contributed by atoms with E-state index in [-0.39, 0.29) is 5.69 Å². The molecule has 7 heteroatoms. The van der Waals surface area contributed by atoms with Gasteiger partial charge >= 0.3 is 0 Å². The molecule has 2 rings (SSSR count). The van der Waals surface area contributed by atoms with Crippen molar-refractivity contribution in [1.82, 2.24) is 5.43 Å². The van der Waals surface area contributed by atoms with E-state index in [1.54, 1.807) is 6.92 Å². The molecular formula is C17H17N3O4. The molecule has 0 radical (unpaired) electrons. The number of rotatable bonds is 6. The van der Waals surface area contributed by atoms with Gasteiger partial charge in [-0.2, -0.15) is 5.10 Å². The van der Waals surface area contributed by atoms with Crippen LogP contribution in [-0.2, 0) is 4.79 Å². The molecule has 1 unspecified atom stereocenters. The fourth-order valence-electron chi connectivity index (χ4n) is 1.82. The Kier molecular flexibility index (Phi) is 5.62. The molecule has 1 amide bonds. The van der Waals surface area contributed by atoms with Crippen LogP contribution in [-0.4, -0.2) is 23.1 Å². The van der Waals surface area contributed by atoms with Gasteiger partial charge in [0.05, 0.1) is 11.1 Å². The SMILES string of the molecule is Cc1ccc(/C=N/NC(=O)C(C)Oc2ccc([N+](=O)[O-])cc2)cc1. The lowest BCUT2D eigenvalue weighted by Gasteiger charge is -2.12. The number of hydrazone groups is 1. The van der Waals surface area contributed by atoms with E-state index in [0.717, 1.165) is 11.1 Å². The zero-order valence-corrected chi connectivity index (χ0v) is 13.3. The van der Waals surface area contributed by atoms with Gasteiger partial charge in [0.15, 0.2) is 6.10 Å². The summed E-state index contributed by atoms with van der Waals surface area (Å²) in [4.78, 5) is 22.0. The Balaban J connectivity index is 1.87. The predicted octanol–water partition coefficient (Wildman–Crippen LogP) is 2.82. The first-order chi connectivity index (χ1) is 11.5. The van der Waals surface area contributed by atoms with Crippen molar-refractivity contribution in [3.8, 4) is 5.75 Å². The Morgan fingerprint density at radius 2 is 1.83 bits per heavy atom. The van der Waals surface area contributed by atoms with Crippen LogP contribution >= 0.6 is 0 Å². The monoisotopic (exact) mass is 327 g/mol. The molecule has 0 spiro atoms. The first-order valence-corrected chi connectivity index (χ1v) is 7.26. The second kappa shape index (κ2) is 7.87. The fraction of sp³-hybridized carbons (Fsp3) is 0.176. The molecule has 124 valence electrons. The number of nitro groups is 1. The smallest absolute Gasteiger partial charge is 0.280 e. The molecule has 0 heterocycles. The standard InChI is InChI=1S/C17H17N3O4/c1-12-3-5-14(6-4-12)11-18-19-17(21)13(2)24-16-9-7-15(8-10-16)20(22)23/h3-11,13H,1-2H3,(H,19,21)/b18-11+. The van der Waals surface area contributed by atoms with Crippen LogP contribution in [0.15, 0.2) is 53.6 Å². The van der Waals surface area contributed by atoms with Gasteiger partial charge in [-0.25, -0.2) is 5.43 Å². The fourth-order valence-corrected chi connectivity index (χ4v) is 1.82. The number of ether oxygens (including phenoxy) is 1. The summed E-state index contributed by atoms with van der Waals surface area (Å²) < 4.78 is 5.42. The predicted molar refractivity (Wildman–Crippen MR) is 90.1 cm³/mol. The van der Waals surface area contributed by atoms with E-state index in [2.05, 4.69) is 10.5 Å². The zero-order chi connectivity index (χ0) is 17.5. The van der Waals surface area contributed by atoms with E-state index in [1.807, 2.05) is 31.2 Å². The Bertz CT molecular complexity index is 739. The molecule has 7 nitrogen and oxygen atoms in total. The van der Waals surface area contributed by atoms with Gasteiger partial charge in [-0.3, -0.25) is 14.9 Å². The summed E-state index contributed by atoms with van der Waals surface area (Å²) in [5.74, 6) is -0.0533. The van der Waals surface area contributed by atoms with Crippen molar-refractivity contribution >= 4 is 17.8 Å². The molecule has 1 N–H and O–H groups in total. The Labute approximate surface area is 139 Å². The largest absolute Gasteiger partial charge is 0.481 e. The summed E-state index contributed by atoms with van der Waals surface area (Å²) in [7, 11) is 0. The third kappa shape index (κ3) is 4.91. The topological polar surface area (TPSA) is 93.8 Å². The van der Waals surface area contributed by atoms with Gasteiger partial charge in [-0.05, 0) is 31.5 Å². The first-order valence-electron chi connectivity index (χ1n) is 7.26. The molecule has 24 heavy (non-hydrogen) atoms. The van der Waals surface area contributed by atoms with Crippen LogP contribution in [0.5, 0.6) is 5.75 Å². The van der Waals surface area contributed by atoms with Crippen molar-refractivity contribution in [3.63, 3.8) is 0 Å². The number of non-ortho nitro benzene ring substituents is 1. The number of aryl methyl sites for hydroxylation is 1. The number of hydrogen-bond donors (Lipinski definition) is 1. The Morgan fingerprint density at radius 3 is 2.42 bits per heavy atom. The van der Waals surface area contributed by atoms with Gasteiger partial charge in [0.2, 0.25) is 0 Å². The van der Waals surface area contributed by atoms with E-state index >= 15 is 0 Å². The molecule has 0 fully saturated rings. The van der Waals surface area contributed by atoms with Crippen molar-refractivity contribution < 1.29 is 14.5 Å². The minimum absolute atomic E-state index is 0.0397. The van der Waals surface area contributed by atoms with E-state index in [0.29, 0.717) is 5.75 Å². The molecule has 1 atom stereocenters. The quantitative estimate of drug-likeness (QED) is 0.501. The molecule has 0 aliphatic heterocycles. The van der Waals surface area contributed by atoms with Crippen LogP contribution in [0.3, 0.4) is 0 Å². The number of nitrogens with one attached hydrogen (secondary N) is 1. The summed E-state index contributed by atoms with van der Waals surface area (Å²) in [6.45, 7) is 3.55. The number of amides is 1. The molecule has 2 aromatic rings. The van der Waals surface area contributed by atoms with Gasteiger partial charge in [-0.1, -0.05) is 29.8 Å². The molecule has 0 saturated heterocycles. The lowest BCUT2D eigenvalue weighted by atomic mass is 10.2. The summed E-state index contributed by atoms with van der Waals surface area (Å²) in [5, 5.41) is 14.5. The Hall–Kier alpha value is -3.22. The van der Waals surface area contributed by atoms with Gasteiger partial charge in [-0.15, -0.1) is 0 Å². The zero-order valence-electron chi connectivity index (χ0n) is 13.3. The number of carbonyl (C=O) groups excluding carboxylic acids is 1. The van der Waals surface area contributed by atoms with Crippen LogP contribution in [0, 0.1) is 17.0 Å². The average molecular weight is 327 g/mol. The van der Waals surface area contributed by atoms with E-state index in [4.69, 9.17) is 4.74 Å². The number of benzene rings is 2. The first kappa shape index (κ1) is 17.1. The maximum atomic E-state index is 11.9. The number of hydrogen-bond acceptors (Lipinski definition) is 5. The second-order valence-corrected chi connectivity index (χ2v) is 5.16. The van der Waals surface area contributed by atoms with Crippen LogP contribution in [0.1, 0.15) is 18.1 Å². The molecule has 2 aromatic carbocycles. The maximum absolute atomic E-state index is 11.9. The van der Waals surface area contributed by atoms with Gasteiger partial charge < -0.3 is 4.74 Å². The minimum Gasteiger partial charge on any atom is -0.481 e. The maximum Gasteiger partial charge on any atom is 0.280 e. The second-order valence-electron chi connectivity index (χ2n) is 5.16. The number of nitrogens with zero attached hydrogens (tertiary/aromatic N) is 2. The van der Waals surface area contributed by atoms with Crippen molar-refractivity contribution in [2.24, 2.45) is 5.10 Å². The van der Waals surface area contributed by atoms with Crippen LogP contribution in [0.2, 0.25) is 0 Å². The third-order valence-corrected chi connectivity index (χ3v) is 3.20. The summed E-state index contributed by atoms with van der Waals surface area (Å²) in [6, 6.07) is 13.2. The lowest BCUT2D eigenvalue weighted by molar-refractivity contribution is -0.384. The number of carbonyl (C=O) groups is 1. The van der Waals surface area contributed by atoms with Crippen molar-refractivity contribution in [2.75, 3.05) is 0 Å². The van der Waals surface area contributed by atoms with E-state index in [9.17, 15) is 14.9 Å². The molecule has 0 aliphatic carbocycles. The van der Waals surface area contributed by atoms with Crippen molar-refractivity contribution in [3.05, 3.63) is 69.8 Å². The highest BCUT2D eigenvalue weighted by Crippen LogP contribution is 2.18. The van der Waals surface area contributed by atoms with Crippen molar-refractivity contribution in [2.45, 2.75) is 20.0 Å². The van der Waals surface area contributed by atoms with Crippen LogP contribution in [0.4, 0.5) is 5.69 Å². The van der Waals surface area contributed by atoms with Gasteiger partial charge in [0.1, 0.15) is 5.75 Å². The Morgan fingerprint density at radius 1 is 1.21 bits per heavy atom. The summed E-state index contributed by atoms with van der Waals surface area (Å²) in [5.41, 5.74) is 4.36. The minimum atomic E-state index is -0.790. The third-order valence-electron chi connectivity index (χ3n) is 3.20. The molecular weight excluding hydrogens is 310 g/mol. The average Bonchev–Trinajstić information content (AvgIpc) is 2.57.